The molecule has 0 aromatic heterocycles. The molecule has 14 heavy (non-hydrogen) atoms. The molecular weight excluding hydrogens is 172 g/mol. The van der Waals surface area contributed by atoms with Crippen LogP contribution in [0.4, 0.5) is 0 Å². The summed E-state index contributed by atoms with van der Waals surface area (Å²) in [5, 5.41) is 9.65. The van der Waals surface area contributed by atoms with Crippen LogP contribution in [0.25, 0.3) is 0 Å². The topological polar surface area (TPSA) is 20.2 Å². The minimum Gasteiger partial charge on any atom is -0.508 e. The van der Waals surface area contributed by atoms with E-state index in [1.807, 2.05) is 13.0 Å². The normalized spacial score (nSPS) is 19.1. The number of rotatable bonds is 0. The van der Waals surface area contributed by atoms with E-state index in [1.165, 1.54) is 17.5 Å². The lowest BCUT2D eigenvalue weighted by Crippen LogP contribution is -2.22. The van der Waals surface area contributed by atoms with Crippen molar-refractivity contribution in [1.29, 1.82) is 0 Å². The molecule has 1 aromatic rings. The van der Waals surface area contributed by atoms with Crippen LogP contribution in [0.3, 0.4) is 0 Å². The van der Waals surface area contributed by atoms with Crippen LogP contribution in [-0.4, -0.2) is 5.11 Å². The third-order valence-electron chi connectivity index (χ3n) is 3.26. The summed E-state index contributed by atoms with van der Waals surface area (Å²) < 4.78 is 0. The first-order valence-electron chi connectivity index (χ1n) is 5.29. The zero-order chi connectivity index (χ0) is 10.3. The zero-order valence-electron chi connectivity index (χ0n) is 9.22. The van der Waals surface area contributed by atoms with Crippen LogP contribution in [0.1, 0.15) is 37.0 Å². The van der Waals surface area contributed by atoms with Gasteiger partial charge in [-0.15, -0.1) is 0 Å². The number of hydrogen-bond donors (Lipinski definition) is 1. The first-order valence-corrected chi connectivity index (χ1v) is 5.29. The fourth-order valence-corrected chi connectivity index (χ4v) is 2.27. The highest BCUT2D eigenvalue weighted by molar-refractivity contribution is 5.42. The van der Waals surface area contributed by atoms with Crippen molar-refractivity contribution in [3.8, 4) is 5.75 Å². The predicted octanol–water partition coefficient (Wildman–Crippen LogP) is 3.22. The molecule has 1 aromatic carbocycles. The van der Waals surface area contributed by atoms with Crippen LogP contribution in [0.2, 0.25) is 0 Å². The van der Waals surface area contributed by atoms with E-state index < -0.39 is 0 Å². The second-order valence-electron chi connectivity index (χ2n) is 5.25. The van der Waals surface area contributed by atoms with Gasteiger partial charge in [-0.05, 0) is 54.4 Å². The molecule has 0 saturated carbocycles. The van der Waals surface area contributed by atoms with Gasteiger partial charge in [-0.25, -0.2) is 0 Å². The lowest BCUT2D eigenvalue weighted by Gasteiger charge is -2.31. The summed E-state index contributed by atoms with van der Waals surface area (Å²) >= 11 is 0. The van der Waals surface area contributed by atoms with Crippen molar-refractivity contribution in [2.24, 2.45) is 5.41 Å². The highest BCUT2D eigenvalue weighted by Crippen LogP contribution is 2.36. The molecule has 0 unspecified atom stereocenters. The summed E-state index contributed by atoms with van der Waals surface area (Å²) in [6.45, 7) is 6.56. The molecule has 0 bridgehead atoms. The Hall–Kier alpha value is -0.980. The van der Waals surface area contributed by atoms with Crippen LogP contribution in [0.15, 0.2) is 12.1 Å². The van der Waals surface area contributed by atoms with Crippen molar-refractivity contribution in [1.82, 2.24) is 0 Å². The van der Waals surface area contributed by atoms with Gasteiger partial charge in [-0.2, -0.15) is 0 Å². The summed E-state index contributed by atoms with van der Waals surface area (Å²) in [7, 11) is 0. The second kappa shape index (κ2) is 3.01. The largest absolute Gasteiger partial charge is 0.508 e. The molecule has 0 fully saturated rings. The Balaban J connectivity index is 2.43. The highest BCUT2D eigenvalue weighted by atomic mass is 16.3. The Morgan fingerprint density at radius 2 is 1.93 bits per heavy atom. The summed E-state index contributed by atoms with van der Waals surface area (Å²) in [6, 6.07) is 4.09. The number of hydrogen-bond acceptors (Lipinski definition) is 1. The molecule has 0 heterocycles. The maximum absolute atomic E-state index is 9.65. The molecule has 0 spiro atoms. The average Bonchev–Trinajstić information content (AvgIpc) is 2.07. The van der Waals surface area contributed by atoms with Crippen LogP contribution >= 0.6 is 0 Å². The average molecular weight is 190 g/mol. The van der Waals surface area contributed by atoms with Crippen LogP contribution in [0.5, 0.6) is 5.75 Å². The van der Waals surface area contributed by atoms with Gasteiger partial charge in [0, 0.05) is 0 Å². The van der Waals surface area contributed by atoms with Crippen molar-refractivity contribution in [2.75, 3.05) is 0 Å². The van der Waals surface area contributed by atoms with Gasteiger partial charge < -0.3 is 5.11 Å². The number of benzene rings is 1. The molecule has 0 aliphatic heterocycles. The van der Waals surface area contributed by atoms with Crippen molar-refractivity contribution in [2.45, 2.75) is 40.0 Å². The number of aromatic hydroxyl groups is 1. The van der Waals surface area contributed by atoms with Crippen LogP contribution < -0.4 is 0 Å². The van der Waals surface area contributed by atoms with Crippen molar-refractivity contribution >= 4 is 0 Å². The van der Waals surface area contributed by atoms with E-state index in [0.717, 1.165) is 18.4 Å². The molecule has 0 saturated heterocycles. The van der Waals surface area contributed by atoms with E-state index in [1.54, 1.807) is 0 Å². The molecule has 0 amide bonds. The van der Waals surface area contributed by atoms with E-state index in [4.69, 9.17) is 0 Å². The quantitative estimate of drug-likeness (QED) is 0.666. The molecule has 1 aliphatic carbocycles. The van der Waals surface area contributed by atoms with Gasteiger partial charge in [0.25, 0.3) is 0 Å². The fraction of sp³-hybridized carbons (Fsp3) is 0.538. The maximum Gasteiger partial charge on any atom is 0.118 e. The predicted molar refractivity (Wildman–Crippen MR) is 58.6 cm³/mol. The van der Waals surface area contributed by atoms with Gasteiger partial charge in [0.1, 0.15) is 5.75 Å². The Morgan fingerprint density at radius 3 is 2.64 bits per heavy atom. The lowest BCUT2D eigenvalue weighted by molar-refractivity contribution is 0.314. The Morgan fingerprint density at radius 1 is 1.21 bits per heavy atom. The van der Waals surface area contributed by atoms with Crippen LogP contribution in [-0.2, 0) is 12.8 Å². The summed E-state index contributed by atoms with van der Waals surface area (Å²) in [4.78, 5) is 0. The summed E-state index contributed by atoms with van der Waals surface area (Å²) in [5.41, 5.74) is 4.17. The van der Waals surface area contributed by atoms with Gasteiger partial charge in [0.05, 0.1) is 0 Å². The fourth-order valence-electron chi connectivity index (χ4n) is 2.27. The van der Waals surface area contributed by atoms with E-state index in [2.05, 4.69) is 19.9 Å². The summed E-state index contributed by atoms with van der Waals surface area (Å²) in [5.74, 6) is 0.446. The van der Waals surface area contributed by atoms with Gasteiger partial charge in [0.2, 0.25) is 0 Å². The molecule has 0 atom stereocenters. The number of phenols is 1. The number of aryl methyl sites for hydroxylation is 2. The standard InChI is InChI=1S/C13H18O/c1-9-6-10-4-5-13(2,3)8-11(10)7-12(9)14/h6-7,14H,4-5,8H2,1-3H3. The molecule has 1 aliphatic rings. The van der Waals surface area contributed by atoms with Crippen LogP contribution in [0, 0.1) is 12.3 Å². The minimum atomic E-state index is 0.398. The van der Waals surface area contributed by atoms with E-state index in [-0.39, 0.29) is 0 Å². The zero-order valence-corrected chi connectivity index (χ0v) is 9.22. The molecule has 2 rings (SSSR count). The third kappa shape index (κ3) is 1.63. The van der Waals surface area contributed by atoms with Gasteiger partial charge in [-0.1, -0.05) is 19.9 Å². The first kappa shape index (κ1) is 9.57. The van der Waals surface area contributed by atoms with Gasteiger partial charge in [0.15, 0.2) is 0 Å². The van der Waals surface area contributed by atoms with Crippen molar-refractivity contribution in [3.05, 3.63) is 28.8 Å². The van der Waals surface area contributed by atoms with Crippen molar-refractivity contribution in [3.63, 3.8) is 0 Å². The SMILES string of the molecule is Cc1cc2c(cc1O)CC(C)(C)CC2. The molecule has 76 valence electrons. The van der Waals surface area contributed by atoms with E-state index in [9.17, 15) is 5.11 Å². The molecule has 1 nitrogen and oxygen atoms in total. The molecular formula is C13H18O. The molecule has 1 N–H and O–H groups in total. The smallest absolute Gasteiger partial charge is 0.118 e. The molecule has 0 radical (unpaired) electrons. The lowest BCUT2D eigenvalue weighted by atomic mass is 9.74. The van der Waals surface area contributed by atoms with Crippen molar-refractivity contribution < 1.29 is 5.11 Å². The first-order chi connectivity index (χ1) is 6.48. The second-order valence-corrected chi connectivity index (χ2v) is 5.25. The van der Waals surface area contributed by atoms with Gasteiger partial charge in [-0.3, -0.25) is 0 Å². The Labute approximate surface area is 85.8 Å². The minimum absolute atomic E-state index is 0.398. The summed E-state index contributed by atoms with van der Waals surface area (Å²) in [6.07, 6.45) is 3.50. The Kier molecular flexibility index (Phi) is 2.06. The van der Waals surface area contributed by atoms with Gasteiger partial charge >= 0.3 is 0 Å². The van der Waals surface area contributed by atoms with E-state index in [0.29, 0.717) is 11.2 Å². The Bertz CT molecular complexity index is 364. The highest BCUT2D eigenvalue weighted by Gasteiger charge is 2.25. The van der Waals surface area contributed by atoms with E-state index >= 15 is 0 Å². The maximum atomic E-state index is 9.65. The third-order valence-corrected chi connectivity index (χ3v) is 3.26. The number of phenolic OH excluding ortho intramolecular Hbond substituents is 1. The monoisotopic (exact) mass is 190 g/mol. The number of fused-ring (bicyclic) bond motifs is 1. The molecule has 1 heteroatoms.